The zero-order valence-electron chi connectivity index (χ0n) is 15.6. The standard InChI is InChI=1S/C20H26N4O.2ClH/c1-23(19(25)17-13-20(17)7-9-21-10-8-20)15-18-22-11-12-24(18)14-16-5-3-2-4-6-16;;/h2-6,11-12,17,21H,7-10,13-15H2,1H3;2*1H. The van der Waals surface area contributed by atoms with Crippen molar-refractivity contribution < 1.29 is 4.79 Å². The second-order valence-corrected chi connectivity index (χ2v) is 7.52. The lowest BCUT2D eigenvalue weighted by Crippen LogP contribution is -2.34. The van der Waals surface area contributed by atoms with E-state index in [-0.39, 0.29) is 42.1 Å². The molecule has 1 aromatic carbocycles. The van der Waals surface area contributed by atoms with Crippen LogP contribution in [0.4, 0.5) is 0 Å². The molecule has 1 aliphatic heterocycles. The zero-order chi connectivity index (χ0) is 17.3. The maximum Gasteiger partial charge on any atom is 0.226 e. The number of benzene rings is 1. The molecule has 7 heteroatoms. The Morgan fingerprint density at radius 1 is 1.26 bits per heavy atom. The van der Waals surface area contributed by atoms with E-state index in [0.29, 0.717) is 6.54 Å². The summed E-state index contributed by atoms with van der Waals surface area (Å²) in [5.74, 6) is 1.45. The number of nitrogens with one attached hydrogen (secondary N) is 1. The Balaban J connectivity index is 0.00000131. The predicted octanol–water partition coefficient (Wildman–Crippen LogP) is 3.12. The lowest BCUT2D eigenvalue weighted by atomic mass is 9.91. The molecule has 2 fully saturated rings. The quantitative estimate of drug-likeness (QED) is 0.823. The summed E-state index contributed by atoms with van der Waals surface area (Å²) in [4.78, 5) is 19.2. The molecule has 1 aromatic heterocycles. The fourth-order valence-corrected chi connectivity index (χ4v) is 4.15. The van der Waals surface area contributed by atoms with Crippen molar-refractivity contribution >= 4 is 30.7 Å². The number of rotatable bonds is 5. The van der Waals surface area contributed by atoms with Gasteiger partial charge in [-0.2, -0.15) is 0 Å². The van der Waals surface area contributed by atoms with Crippen LogP contribution in [0.1, 0.15) is 30.7 Å². The van der Waals surface area contributed by atoms with Gasteiger partial charge in [-0.15, -0.1) is 24.8 Å². The van der Waals surface area contributed by atoms with Gasteiger partial charge < -0.3 is 14.8 Å². The van der Waals surface area contributed by atoms with Crippen LogP contribution in [-0.2, 0) is 17.9 Å². The molecule has 1 aliphatic carbocycles. The van der Waals surface area contributed by atoms with Crippen molar-refractivity contribution in [3.8, 4) is 0 Å². The summed E-state index contributed by atoms with van der Waals surface area (Å²) >= 11 is 0. The number of carbonyl (C=O) groups is 1. The summed E-state index contributed by atoms with van der Waals surface area (Å²) in [6, 6.07) is 10.4. The molecular formula is C20H28Cl2N4O. The predicted molar refractivity (Wildman–Crippen MR) is 111 cm³/mol. The van der Waals surface area contributed by atoms with Gasteiger partial charge >= 0.3 is 0 Å². The topological polar surface area (TPSA) is 50.2 Å². The first-order valence-corrected chi connectivity index (χ1v) is 9.18. The molecule has 1 unspecified atom stereocenters. The number of halogens is 2. The summed E-state index contributed by atoms with van der Waals surface area (Å²) in [5, 5.41) is 3.40. The Morgan fingerprint density at radius 3 is 2.67 bits per heavy atom. The molecule has 5 nitrogen and oxygen atoms in total. The van der Waals surface area contributed by atoms with Crippen molar-refractivity contribution in [1.82, 2.24) is 19.8 Å². The number of piperidine rings is 1. The third-order valence-corrected chi connectivity index (χ3v) is 5.84. The van der Waals surface area contributed by atoms with Gasteiger partial charge in [-0.05, 0) is 43.3 Å². The van der Waals surface area contributed by atoms with Gasteiger partial charge in [-0.3, -0.25) is 4.79 Å². The molecule has 1 saturated carbocycles. The van der Waals surface area contributed by atoms with Gasteiger partial charge in [0.2, 0.25) is 5.91 Å². The van der Waals surface area contributed by atoms with Gasteiger partial charge in [0.15, 0.2) is 0 Å². The minimum absolute atomic E-state index is 0. The van der Waals surface area contributed by atoms with Crippen LogP contribution >= 0.6 is 24.8 Å². The number of nitrogens with zero attached hydrogens (tertiary/aromatic N) is 3. The molecule has 0 radical (unpaired) electrons. The van der Waals surface area contributed by atoms with E-state index in [2.05, 4.69) is 27.0 Å². The lowest BCUT2D eigenvalue weighted by Gasteiger charge is -2.25. The molecule has 148 valence electrons. The highest BCUT2D eigenvalue weighted by Crippen LogP contribution is 2.59. The molecule has 1 atom stereocenters. The maximum absolute atomic E-state index is 12.8. The molecule has 0 bridgehead atoms. The molecule has 1 saturated heterocycles. The van der Waals surface area contributed by atoms with E-state index in [9.17, 15) is 4.79 Å². The number of aromatic nitrogens is 2. The van der Waals surface area contributed by atoms with Crippen molar-refractivity contribution in [3.05, 3.63) is 54.1 Å². The second-order valence-electron chi connectivity index (χ2n) is 7.52. The molecule has 27 heavy (non-hydrogen) atoms. The molecule has 1 N–H and O–H groups in total. The largest absolute Gasteiger partial charge is 0.338 e. The van der Waals surface area contributed by atoms with Crippen molar-refractivity contribution in [2.75, 3.05) is 20.1 Å². The smallest absolute Gasteiger partial charge is 0.226 e. The first kappa shape index (κ1) is 21.7. The highest BCUT2D eigenvalue weighted by molar-refractivity contribution is 5.85. The van der Waals surface area contributed by atoms with E-state index in [1.165, 1.54) is 5.56 Å². The van der Waals surface area contributed by atoms with Crippen molar-refractivity contribution in [1.29, 1.82) is 0 Å². The van der Waals surface area contributed by atoms with Crippen molar-refractivity contribution in [2.24, 2.45) is 11.3 Å². The van der Waals surface area contributed by atoms with Gasteiger partial charge in [0.1, 0.15) is 5.82 Å². The van der Waals surface area contributed by atoms with Crippen LogP contribution in [0.15, 0.2) is 42.7 Å². The Bertz CT molecular complexity index is 743. The molecular weight excluding hydrogens is 383 g/mol. The number of carbonyl (C=O) groups excluding carboxylic acids is 1. The van der Waals surface area contributed by atoms with Crippen LogP contribution in [0, 0.1) is 11.3 Å². The van der Waals surface area contributed by atoms with Gasteiger partial charge in [0, 0.05) is 31.9 Å². The van der Waals surface area contributed by atoms with Crippen molar-refractivity contribution in [3.63, 3.8) is 0 Å². The number of hydrogen-bond acceptors (Lipinski definition) is 3. The number of imidazole rings is 1. The first-order valence-electron chi connectivity index (χ1n) is 9.18. The summed E-state index contributed by atoms with van der Waals surface area (Å²) in [6.45, 7) is 3.46. The van der Waals surface area contributed by atoms with Crippen LogP contribution < -0.4 is 5.32 Å². The normalized spacial score (nSPS) is 19.7. The number of amides is 1. The Morgan fingerprint density at radius 2 is 1.96 bits per heavy atom. The van der Waals surface area contributed by atoms with E-state index in [4.69, 9.17) is 0 Å². The van der Waals surface area contributed by atoms with E-state index >= 15 is 0 Å². The van der Waals surface area contributed by atoms with E-state index < -0.39 is 0 Å². The van der Waals surface area contributed by atoms with E-state index in [1.807, 2.05) is 42.5 Å². The fraction of sp³-hybridized carbons (Fsp3) is 0.500. The van der Waals surface area contributed by atoms with Crippen LogP contribution in [-0.4, -0.2) is 40.5 Å². The Hall–Kier alpha value is -1.56. The molecule has 2 aromatic rings. The van der Waals surface area contributed by atoms with Crippen LogP contribution in [0.3, 0.4) is 0 Å². The minimum Gasteiger partial charge on any atom is -0.338 e. The van der Waals surface area contributed by atoms with Crippen LogP contribution in [0.25, 0.3) is 0 Å². The monoisotopic (exact) mass is 410 g/mol. The highest BCUT2D eigenvalue weighted by Gasteiger charge is 2.58. The maximum atomic E-state index is 12.8. The number of hydrogen-bond donors (Lipinski definition) is 1. The molecule has 2 heterocycles. The molecule has 2 aliphatic rings. The minimum atomic E-state index is 0. The van der Waals surface area contributed by atoms with E-state index in [0.717, 1.165) is 44.7 Å². The molecule has 4 rings (SSSR count). The van der Waals surface area contributed by atoms with Crippen LogP contribution in [0.2, 0.25) is 0 Å². The lowest BCUT2D eigenvalue weighted by molar-refractivity contribution is -0.133. The average Bonchev–Trinajstić information content (AvgIpc) is 3.14. The average molecular weight is 411 g/mol. The van der Waals surface area contributed by atoms with E-state index in [1.54, 1.807) is 0 Å². The summed E-state index contributed by atoms with van der Waals surface area (Å²) in [7, 11) is 1.91. The fourth-order valence-electron chi connectivity index (χ4n) is 4.15. The summed E-state index contributed by atoms with van der Waals surface area (Å²) in [5.41, 5.74) is 1.53. The summed E-state index contributed by atoms with van der Waals surface area (Å²) in [6.07, 6.45) is 7.16. The molecule has 1 amide bonds. The van der Waals surface area contributed by atoms with Gasteiger partial charge in [0.05, 0.1) is 6.54 Å². The van der Waals surface area contributed by atoms with Crippen molar-refractivity contribution in [2.45, 2.75) is 32.4 Å². The Kier molecular flexibility index (Phi) is 7.32. The third-order valence-electron chi connectivity index (χ3n) is 5.84. The SMILES string of the molecule is CN(Cc1nccn1Cc1ccccc1)C(=O)C1CC12CCNCC2.Cl.Cl. The first-order chi connectivity index (χ1) is 12.2. The zero-order valence-corrected chi connectivity index (χ0v) is 17.3. The Labute approximate surface area is 173 Å². The van der Waals surface area contributed by atoms with Gasteiger partial charge in [-0.25, -0.2) is 4.98 Å². The van der Waals surface area contributed by atoms with Crippen LogP contribution in [0.5, 0.6) is 0 Å². The van der Waals surface area contributed by atoms with Gasteiger partial charge in [0.25, 0.3) is 0 Å². The van der Waals surface area contributed by atoms with Gasteiger partial charge in [-0.1, -0.05) is 30.3 Å². The highest BCUT2D eigenvalue weighted by atomic mass is 35.5. The third kappa shape index (κ3) is 4.65. The summed E-state index contributed by atoms with van der Waals surface area (Å²) < 4.78 is 2.13. The second kappa shape index (κ2) is 9.09. The molecule has 1 spiro atoms.